The van der Waals surface area contributed by atoms with Crippen molar-refractivity contribution in [2.24, 2.45) is 5.92 Å². The van der Waals surface area contributed by atoms with E-state index in [0.29, 0.717) is 24.2 Å². The van der Waals surface area contributed by atoms with E-state index in [0.717, 1.165) is 50.3 Å². The molecule has 1 aliphatic heterocycles. The van der Waals surface area contributed by atoms with Crippen LogP contribution in [-0.4, -0.2) is 38.2 Å². The molecule has 2 aromatic rings. The van der Waals surface area contributed by atoms with Gasteiger partial charge in [0.25, 0.3) is 0 Å². The Kier molecular flexibility index (Phi) is 7.64. The highest BCUT2D eigenvalue weighted by atomic mass is 19.4. The molecule has 3 nitrogen and oxygen atoms in total. The van der Waals surface area contributed by atoms with Crippen LogP contribution in [0.4, 0.5) is 18.9 Å². The van der Waals surface area contributed by atoms with Crippen molar-refractivity contribution in [3.8, 4) is 5.75 Å². The SMILES string of the molecule is CCCCN1CC[C@@H](c2ccc(NC)cc2)[C@H](COc2ccc(C(F)(F)F)cc2)C1. The lowest BCUT2D eigenvalue weighted by Crippen LogP contribution is -2.42. The number of hydrogen-bond acceptors (Lipinski definition) is 3. The molecular weight excluding hydrogens is 389 g/mol. The van der Waals surface area contributed by atoms with Gasteiger partial charge in [0.15, 0.2) is 0 Å². The third-order valence-corrected chi connectivity index (χ3v) is 5.92. The zero-order valence-corrected chi connectivity index (χ0v) is 17.7. The number of halogens is 3. The Hall–Kier alpha value is -2.21. The molecule has 1 saturated heterocycles. The Labute approximate surface area is 177 Å². The van der Waals surface area contributed by atoms with Gasteiger partial charge in [-0.3, -0.25) is 0 Å². The first-order valence-corrected chi connectivity index (χ1v) is 10.7. The average molecular weight is 421 g/mol. The maximum absolute atomic E-state index is 12.8. The fraction of sp³-hybridized carbons (Fsp3) is 0.500. The van der Waals surface area contributed by atoms with Crippen molar-refractivity contribution in [1.29, 1.82) is 0 Å². The van der Waals surface area contributed by atoms with Crippen LogP contribution in [0.1, 0.15) is 43.2 Å². The first-order valence-electron chi connectivity index (χ1n) is 10.7. The van der Waals surface area contributed by atoms with Crippen molar-refractivity contribution in [2.45, 2.75) is 38.3 Å². The van der Waals surface area contributed by atoms with E-state index in [-0.39, 0.29) is 0 Å². The summed E-state index contributed by atoms with van der Waals surface area (Å²) in [4.78, 5) is 2.49. The Morgan fingerprint density at radius 3 is 2.37 bits per heavy atom. The fourth-order valence-corrected chi connectivity index (χ4v) is 4.14. The minimum Gasteiger partial charge on any atom is -0.493 e. The number of alkyl halides is 3. The van der Waals surface area contributed by atoms with Gasteiger partial charge in [-0.25, -0.2) is 0 Å². The van der Waals surface area contributed by atoms with Crippen LogP contribution < -0.4 is 10.1 Å². The molecule has 1 fully saturated rings. The van der Waals surface area contributed by atoms with E-state index in [9.17, 15) is 13.2 Å². The zero-order chi connectivity index (χ0) is 21.6. The van der Waals surface area contributed by atoms with Gasteiger partial charge in [-0.2, -0.15) is 13.2 Å². The van der Waals surface area contributed by atoms with Crippen molar-refractivity contribution < 1.29 is 17.9 Å². The normalized spacial score (nSPS) is 20.2. The lowest BCUT2D eigenvalue weighted by molar-refractivity contribution is -0.137. The topological polar surface area (TPSA) is 24.5 Å². The van der Waals surface area contributed by atoms with Crippen LogP contribution in [0.3, 0.4) is 0 Å². The van der Waals surface area contributed by atoms with Crippen molar-refractivity contribution in [3.63, 3.8) is 0 Å². The minimum absolute atomic E-state index is 0.290. The highest BCUT2D eigenvalue weighted by Gasteiger charge is 2.32. The highest BCUT2D eigenvalue weighted by Crippen LogP contribution is 2.35. The molecule has 1 aliphatic rings. The Bertz CT molecular complexity index is 775. The van der Waals surface area contributed by atoms with E-state index < -0.39 is 11.7 Å². The van der Waals surface area contributed by atoms with Crippen molar-refractivity contribution >= 4 is 5.69 Å². The van der Waals surface area contributed by atoms with Crippen LogP contribution in [0.2, 0.25) is 0 Å². The van der Waals surface area contributed by atoms with E-state index >= 15 is 0 Å². The van der Waals surface area contributed by atoms with E-state index in [2.05, 4.69) is 41.4 Å². The first-order chi connectivity index (χ1) is 14.4. The summed E-state index contributed by atoms with van der Waals surface area (Å²) in [5, 5.41) is 3.15. The number of benzene rings is 2. The van der Waals surface area contributed by atoms with E-state index in [1.54, 1.807) is 0 Å². The smallest absolute Gasteiger partial charge is 0.416 e. The molecule has 2 atom stereocenters. The van der Waals surface area contributed by atoms with Crippen molar-refractivity contribution in [1.82, 2.24) is 4.90 Å². The van der Waals surface area contributed by atoms with Crippen molar-refractivity contribution in [3.05, 3.63) is 59.7 Å². The second-order valence-corrected chi connectivity index (χ2v) is 8.01. The molecule has 0 amide bonds. The molecule has 0 saturated carbocycles. The van der Waals surface area contributed by atoms with Gasteiger partial charge in [-0.15, -0.1) is 0 Å². The predicted molar refractivity (Wildman–Crippen MR) is 115 cm³/mol. The van der Waals surface area contributed by atoms with Gasteiger partial charge in [0.1, 0.15) is 5.75 Å². The summed E-state index contributed by atoms with van der Waals surface area (Å²) in [5.74, 6) is 1.15. The van der Waals surface area contributed by atoms with Crippen LogP contribution in [0.5, 0.6) is 5.75 Å². The van der Waals surface area contributed by atoms with E-state index in [1.807, 2.05) is 7.05 Å². The maximum Gasteiger partial charge on any atom is 0.416 e. The Balaban J connectivity index is 1.69. The summed E-state index contributed by atoms with van der Waals surface area (Å²) in [5.41, 5.74) is 1.72. The van der Waals surface area contributed by atoms with Crippen LogP contribution >= 0.6 is 0 Å². The molecule has 0 spiro atoms. The van der Waals surface area contributed by atoms with Crippen LogP contribution in [0.25, 0.3) is 0 Å². The van der Waals surface area contributed by atoms with Gasteiger partial charge in [-0.1, -0.05) is 25.5 Å². The lowest BCUT2D eigenvalue weighted by Gasteiger charge is -2.39. The Morgan fingerprint density at radius 1 is 1.07 bits per heavy atom. The monoisotopic (exact) mass is 420 g/mol. The third kappa shape index (κ3) is 5.91. The molecule has 0 aromatic heterocycles. The van der Waals surface area contributed by atoms with Gasteiger partial charge in [0.2, 0.25) is 0 Å². The number of ether oxygens (including phenoxy) is 1. The molecule has 0 radical (unpaired) electrons. The number of rotatable bonds is 8. The second kappa shape index (κ2) is 10.2. The van der Waals surface area contributed by atoms with E-state index in [4.69, 9.17) is 4.74 Å². The number of hydrogen-bond donors (Lipinski definition) is 1. The number of nitrogens with zero attached hydrogens (tertiary/aromatic N) is 1. The quantitative estimate of drug-likeness (QED) is 0.564. The molecule has 1 heterocycles. The summed E-state index contributed by atoms with van der Waals surface area (Å²) < 4.78 is 44.3. The highest BCUT2D eigenvalue weighted by molar-refractivity contribution is 5.44. The summed E-state index contributed by atoms with van der Waals surface area (Å²) in [6.07, 6.45) is -0.928. The molecule has 6 heteroatoms. The third-order valence-electron chi connectivity index (χ3n) is 5.92. The van der Waals surface area contributed by atoms with Gasteiger partial charge in [-0.05, 0) is 73.8 Å². The minimum atomic E-state index is -4.33. The fourth-order valence-electron chi connectivity index (χ4n) is 4.14. The standard InChI is InChI=1S/C24H31F3N2O/c1-3-4-14-29-15-13-23(18-5-9-21(28-2)10-6-18)19(16-29)17-30-22-11-7-20(8-12-22)24(25,26)27/h5-12,19,23,28H,3-4,13-17H2,1-2H3/t19-,23-/m0/s1. The number of piperidine rings is 1. The van der Waals surface area contributed by atoms with Gasteiger partial charge >= 0.3 is 6.18 Å². The largest absolute Gasteiger partial charge is 0.493 e. The Morgan fingerprint density at radius 2 is 1.77 bits per heavy atom. The molecule has 1 N–H and O–H groups in total. The molecule has 3 rings (SSSR count). The van der Waals surface area contributed by atoms with E-state index in [1.165, 1.54) is 24.1 Å². The lowest BCUT2D eigenvalue weighted by atomic mass is 9.80. The molecule has 164 valence electrons. The van der Waals surface area contributed by atoms with Gasteiger partial charge in [0.05, 0.1) is 12.2 Å². The van der Waals surface area contributed by atoms with Gasteiger partial charge in [0, 0.05) is 25.2 Å². The molecule has 0 aliphatic carbocycles. The molecule has 0 bridgehead atoms. The summed E-state index contributed by atoms with van der Waals surface area (Å²) in [7, 11) is 1.90. The number of likely N-dealkylation sites (tertiary alicyclic amines) is 1. The number of unbranched alkanes of at least 4 members (excludes halogenated alkanes) is 1. The van der Waals surface area contributed by atoms with Crippen LogP contribution in [0, 0.1) is 5.92 Å². The summed E-state index contributed by atoms with van der Waals surface area (Å²) >= 11 is 0. The predicted octanol–water partition coefficient (Wildman–Crippen LogP) is 6.03. The first kappa shape index (κ1) is 22.5. The molecule has 30 heavy (non-hydrogen) atoms. The van der Waals surface area contributed by atoms with Crippen molar-refractivity contribution in [2.75, 3.05) is 38.6 Å². The average Bonchev–Trinajstić information content (AvgIpc) is 2.76. The molecular formula is C24H31F3N2O. The number of anilines is 1. The maximum atomic E-state index is 12.8. The molecule has 2 aromatic carbocycles. The zero-order valence-electron chi connectivity index (χ0n) is 17.7. The second-order valence-electron chi connectivity index (χ2n) is 8.01. The summed E-state index contributed by atoms with van der Waals surface area (Å²) in [6.45, 7) is 5.78. The van der Waals surface area contributed by atoms with Crippen LogP contribution in [-0.2, 0) is 6.18 Å². The summed E-state index contributed by atoms with van der Waals surface area (Å²) in [6, 6.07) is 13.5. The number of nitrogens with one attached hydrogen (secondary N) is 1. The van der Waals surface area contributed by atoms with Gasteiger partial charge < -0.3 is 15.0 Å². The molecule has 0 unspecified atom stereocenters. The van der Waals surface area contributed by atoms with Crippen LogP contribution in [0.15, 0.2) is 48.5 Å².